The molecule has 1 heterocycles. The molecule has 0 aliphatic carbocycles. The first-order valence-corrected chi connectivity index (χ1v) is 7.86. The second-order valence-electron chi connectivity index (χ2n) is 5.97. The summed E-state index contributed by atoms with van der Waals surface area (Å²) in [6.45, 7) is 10.1. The van der Waals surface area contributed by atoms with Gasteiger partial charge >= 0.3 is 5.97 Å². The number of hydrogen-bond acceptors (Lipinski definition) is 6. The molecule has 0 aromatic heterocycles. The van der Waals surface area contributed by atoms with E-state index in [-0.39, 0.29) is 30.6 Å². The molecular formula is C16H29N3O5. The molecule has 8 nitrogen and oxygen atoms in total. The molecule has 0 saturated heterocycles. The van der Waals surface area contributed by atoms with Crippen molar-refractivity contribution in [3.8, 4) is 0 Å². The van der Waals surface area contributed by atoms with Crippen molar-refractivity contribution in [3.05, 3.63) is 11.1 Å². The quantitative estimate of drug-likeness (QED) is 0.324. The van der Waals surface area contributed by atoms with Crippen LogP contribution in [0.5, 0.6) is 0 Å². The molecule has 0 spiro atoms. The Hall–Kier alpha value is -1.77. The minimum Gasteiger partial charge on any atom is -0.478 e. The van der Waals surface area contributed by atoms with Gasteiger partial charge in [-0.1, -0.05) is 13.8 Å². The maximum Gasteiger partial charge on any atom is 0.331 e. The highest BCUT2D eigenvalue weighted by Gasteiger charge is 2.42. The van der Waals surface area contributed by atoms with Crippen LogP contribution in [-0.2, 0) is 9.59 Å². The predicted octanol–water partition coefficient (Wildman–Crippen LogP) is -0.0890. The monoisotopic (exact) mass is 343 g/mol. The molecule has 0 saturated carbocycles. The number of carbonyl (C=O) groups excluding carboxylic acids is 1. The van der Waals surface area contributed by atoms with Gasteiger partial charge in [0.2, 0.25) is 0 Å². The number of aliphatic hydroxyl groups is 2. The molecule has 24 heavy (non-hydrogen) atoms. The highest BCUT2D eigenvalue weighted by molar-refractivity contribution is 6.16. The average Bonchev–Trinajstić information content (AvgIpc) is 2.84. The second kappa shape index (κ2) is 10.2. The third-order valence-corrected chi connectivity index (χ3v) is 3.98. The van der Waals surface area contributed by atoms with Crippen molar-refractivity contribution < 1.29 is 24.9 Å². The molecule has 0 aromatic rings. The number of aliphatic carboxylic acids is 1. The van der Waals surface area contributed by atoms with Gasteiger partial charge < -0.3 is 26.0 Å². The Kier molecular flexibility index (Phi) is 9.42. The summed E-state index contributed by atoms with van der Waals surface area (Å²) in [7, 11) is 0. The van der Waals surface area contributed by atoms with E-state index in [1.165, 1.54) is 6.92 Å². The van der Waals surface area contributed by atoms with Gasteiger partial charge in [0.05, 0.1) is 13.2 Å². The lowest BCUT2D eigenvalue weighted by Gasteiger charge is -2.21. The Balaban J connectivity index is 0.000000640. The van der Waals surface area contributed by atoms with Crippen LogP contribution in [0, 0.1) is 5.92 Å². The number of carboxylic acids is 1. The van der Waals surface area contributed by atoms with Gasteiger partial charge in [-0.05, 0) is 26.7 Å². The fourth-order valence-electron chi connectivity index (χ4n) is 1.74. The number of carbonyl (C=O) groups is 2. The molecular weight excluding hydrogens is 314 g/mol. The van der Waals surface area contributed by atoms with Crippen LogP contribution in [0.15, 0.2) is 16.1 Å². The van der Waals surface area contributed by atoms with Crippen LogP contribution in [-0.4, -0.2) is 64.9 Å². The summed E-state index contributed by atoms with van der Waals surface area (Å²) >= 11 is 0. The molecule has 5 N–H and O–H groups in total. The Morgan fingerprint density at radius 2 is 1.75 bits per heavy atom. The van der Waals surface area contributed by atoms with Crippen molar-refractivity contribution in [1.82, 2.24) is 10.6 Å². The standard InChI is InChI=1S/C12H18N2O3.C4H11NO2/c1-6(2)12(5)11(17)13-9(14-12)7(3)8(4)10(15)16;6-3-1-5-2-4-7/h6H,1-5H3,(H,15,16)(H,13,14,17);5-7H,1-4H2/b8-7-;. The van der Waals surface area contributed by atoms with Crippen molar-refractivity contribution in [2.45, 2.75) is 40.2 Å². The molecule has 1 aliphatic rings. The molecule has 1 amide bonds. The third-order valence-electron chi connectivity index (χ3n) is 3.98. The van der Waals surface area contributed by atoms with E-state index in [9.17, 15) is 9.59 Å². The molecule has 0 radical (unpaired) electrons. The number of amidine groups is 1. The number of amides is 1. The molecule has 1 aliphatic heterocycles. The van der Waals surface area contributed by atoms with E-state index in [2.05, 4.69) is 15.6 Å². The van der Waals surface area contributed by atoms with Gasteiger partial charge in [0.25, 0.3) is 5.91 Å². The zero-order valence-corrected chi connectivity index (χ0v) is 15.0. The van der Waals surface area contributed by atoms with Crippen molar-refractivity contribution in [3.63, 3.8) is 0 Å². The van der Waals surface area contributed by atoms with Gasteiger partial charge in [-0.25, -0.2) is 4.79 Å². The number of nitrogens with zero attached hydrogens (tertiary/aromatic N) is 1. The molecule has 1 atom stereocenters. The minimum atomic E-state index is -1.00. The molecule has 8 heteroatoms. The summed E-state index contributed by atoms with van der Waals surface area (Å²) in [4.78, 5) is 27.0. The highest BCUT2D eigenvalue weighted by atomic mass is 16.4. The minimum absolute atomic E-state index is 0.0536. The lowest BCUT2D eigenvalue weighted by atomic mass is 9.89. The lowest BCUT2D eigenvalue weighted by molar-refractivity contribution is -0.132. The van der Waals surface area contributed by atoms with Crippen LogP contribution in [0.1, 0.15) is 34.6 Å². The molecule has 1 unspecified atom stereocenters. The SMILES string of the molecule is C/C(C(=O)O)=C(\C)C1=NC(C)(C(C)C)C(=O)N1.OCCNCCO. The topological polar surface area (TPSA) is 131 Å². The Morgan fingerprint density at radius 3 is 2.08 bits per heavy atom. The largest absolute Gasteiger partial charge is 0.478 e. The lowest BCUT2D eigenvalue weighted by Crippen LogP contribution is -2.41. The zero-order valence-electron chi connectivity index (χ0n) is 15.0. The average molecular weight is 343 g/mol. The van der Waals surface area contributed by atoms with E-state index >= 15 is 0 Å². The van der Waals surface area contributed by atoms with Gasteiger partial charge in [0, 0.05) is 24.2 Å². The molecule has 0 bridgehead atoms. The summed E-state index contributed by atoms with van der Waals surface area (Å²) in [6.07, 6.45) is 0. The number of nitrogens with one attached hydrogen (secondary N) is 2. The van der Waals surface area contributed by atoms with E-state index in [0.717, 1.165) is 0 Å². The first-order valence-electron chi connectivity index (χ1n) is 7.86. The summed E-state index contributed by atoms with van der Waals surface area (Å²) < 4.78 is 0. The first-order chi connectivity index (χ1) is 11.1. The zero-order chi connectivity index (χ0) is 18.9. The normalized spacial score (nSPS) is 20.8. The van der Waals surface area contributed by atoms with E-state index in [4.69, 9.17) is 15.3 Å². The van der Waals surface area contributed by atoms with Crippen LogP contribution in [0.3, 0.4) is 0 Å². The van der Waals surface area contributed by atoms with Gasteiger partial charge in [0.15, 0.2) is 0 Å². The van der Waals surface area contributed by atoms with Gasteiger partial charge in [0.1, 0.15) is 11.4 Å². The van der Waals surface area contributed by atoms with Gasteiger partial charge in [-0.2, -0.15) is 0 Å². The van der Waals surface area contributed by atoms with Crippen LogP contribution in [0.25, 0.3) is 0 Å². The first kappa shape index (κ1) is 22.2. The van der Waals surface area contributed by atoms with Crippen LogP contribution in [0.4, 0.5) is 0 Å². The van der Waals surface area contributed by atoms with Crippen molar-refractivity contribution in [2.24, 2.45) is 10.9 Å². The van der Waals surface area contributed by atoms with E-state index in [0.29, 0.717) is 24.5 Å². The Morgan fingerprint density at radius 1 is 1.25 bits per heavy atom. The summed E-state index contributed by atoms with van der Waals surface area (Å²) in [5.41, 5.74) is -0.123. The van der Waals surface area contributed by atoms with Crippen molar-refractivity contribution in [1.29, 1.82) is 0 Å². The van der Waals surface area contributed by atoms with Gasteiger partial charge in [-0.3, -0.25) is 9.79 Å². The summed E-state index contributed by atoms with van der Waals surface area (Å²) in [5, 5.41) is 30.6. The second-order valence-corrected chi connectivity index (χ2v) is 5.97. The summed E-state index contributed by atoms with van der Waals surface area (Å²) in [5.74, 6) is -0.762. The van der Waals surface area contributed by atoms with Gasteiger partial charge in [-0.15, -0.1) is 0 Å². The summed E-state index contributed by atoms with van der Waals surface area (Å²) in [6, 6.07) is 0. The number of aliphatic hydroxyl groups excluding tert-OH is 2. The fraction of sp³-hybridized carbons (Fsp3) is 0.688. The Bertz CT molecular complexity index is 510. The highest BCUT2D eigenvalue weighted by Crippen LogP contribution is 2.27. The smallest absolute Gasteiger partial charge is 0.331 e. The third kappa shape index (κ3) is 6.03. The number of rotatable bonds is 7. The van der Waals surface area contributed by atoms with Crippen LogP contribution >= 0.6 is 0 Å². The van der Waals surface area contributed by atoms with E-state index in [1.807, 2.05) is 13.8 Å². The molecule has 1 rings (SSSR count). The van der Waals surface area contributed by atoms with Crippen molar-refractivity contribution in [2.75, 3.05) is 26.3 Å². The van der Waals surface area contributed by atoms with E-state index in [1.54, 1.807) is 13.8 Å². The maximum atomic E-state index is 11.8. The number of aliphatic imine (C=N–C) groups is 1. The molecule has 0 fully saturated rings. The predicted molar refractivity (Wildman–Crippen MR) is 91.9 cm³/mol. The molecule has 0 aromatic carbocycles. The van der Waals surface area contributed by atoms with E-state index < -0.39 is 11.5 Å². The van der Waals surface area contributed by atoms with Crippen molar-refractivity contribution >= 4 is 17.7 Å². The number of hydrogen-bond donors (Lipinski definition) is 5. The maximum absolute atomic E-state index is 11.8. The van der Waals surface area contributed by atoms with Crippen LogP contribution < -0.4 is 10.6 Å². The van der Waals surface area contributed by atoms with Crippen LogP contribution in [0.2, 0.25) is 0 Å². The molecule has 138 valence electrons. The fourth-order valence-corrected chi connectivity index (χ4v) is 1.74. The Labute approximate surface area is 142 Å². The number of carboxylic acid groups (broad SMARTS) is 1.